The third kappa shape index (κ3) is 14.0. The van der Waals surface area contributed by atoms with Crippen LogP contribution in [0.3, 0.4) is 0 Å². The number of aryl methyl sites for hydroxylation is 3. The van der Waals surface area contributed by atoms with E-state index in [1.807, 2.05) is 13.8 Å². The maximum atomic E-state index is 14.5. The number of aromatic amines is 3. The second kappa shape index (κ2) is 30.1. The number of carbonyl (C=O) groups excluding carboxylic acids is 2. The maximum absolute atomic E-state index is 14.5. The zero-order valence-corrected chi connectivity index (χ0v) is 50.4. The number of carboxylic acids is 1. The van der Waals surface area contributed by atoms with Gasteiger partial charge >= 0.3 is 41.5 Å². The summed E-state index contributed by atoms with van der Waals surface area (Å²) >= 11 is 0. The molecule has 0 saturated heterocycles. The van der Waals surface area contributed by atoms with E-state index in [1.165, 1.54) is 36.4 Å². The van der Waals surface area contributed by atoms with E-state index in [-0.39, 0.29) is 166 Å². The predicted molar refractivity (Wildman–Crippen MR) is 325 cm³/mol. The Kier molecular flexibility index (Phi) is 23.3. The first-order valence-corrected chi connectivity index (χ1v) is 26.2. The molecule has 9 N–H and O–H groups in total. The second-order valence-corrected chi connectivity index (χ2v) is 20.3. The third-order valence-corrected chi connectivity index (χ3v) is 14.8. The number of hydrogen-bond acceptors (Lipinski definition) is 15. The van der Waals surface area contributed by atoms with Gasteiger partial charge in [0, 0.05) is 90.8 Å². The Hall–Kier alpha value is -9.50. The number of amides is 1. The molecule has 3 fully saturated rings. The van der Waals surface area contributed by atoms with Crippen molar-refractivity contribution in [2.45, 2.75) is 79.6 Å². The Morgan fingerprint density at radius 2 is 0.956 bits per heavy atom. The molecule has 6 atom stereocenters. The van der Waals surface area contributed by atoms with Gasteiger partial charge in [0.05, 0.1) is 62.4 Å². The summed E-state index contributed by atoms with van der Waals surface area (Å²) in [6.07, 6.45) is 1.60. The summed E-state index contributed by atoms with van der Waals surface area (Å²) < 4.78 is 69.6. The van der Waals surface area contributed by atoms with E-state index in [9.17, 15) is 52.4 Å². The number of alkyl halides is 1. The molecule has 6 heterocycles. The molecule has 90 heavy (non-hydrogen) atoms. The number of nitrogens with zero attached hydrogens (tertiary/aromatic N) is 10. The third-order valence-electron chi connectivity index (χ3n) is 14.8. The normalized spacial score (nSPS) is 17.0. The first-order chi connectivity index (χ1) is 41.9. The molecule has 0 radical (unpaired) electrons. The molecule has 1 amide bonds. The molecule has 9 aromatic rings. The van der Waals surface area contributed by atoms with Crippen molar-refractivity contribution in [1.82, 2.24) is 50.4 Å². The number of hydrogen-bond donors (Lipinski definition) is 8. The van der Waals surface area contributed by atoms with E-state index >= 15 is 0 Å². The van der Waals surface area contributed by atoms with Crippen LogP contribution in [0.15, 0.2) is 54.6 Å². The van der Waals surface area contributed by atoms with Gasteiger partial charge in [0.1, 0.15) is 34.7 Å². The monoisotopic (exact) mass is 1250 g/mol. The number of phenols is 3. The van der Waals surface area contributed by atoms with Crippen molar-refractivity contribution in [2.75, 3.05) is 27.9 Å². The summed E-state index contributed by atoms with van der Waals surface area (Å²) in [6.45, 7) is 30.6. The van der Waals surface area contributed by atoms with Crippen molar-refractivity contribution in [1.29, 1.82) is 2.67 Å². The van der Waals surface area contributed by atoms with Crippen molar-refractivity contribution >= 4 is 76.0 Å². The summed E-state index contributed by atoms with van der Waals surface area (Å²) in [7, 11) is 2.24. The Morgan fingerprint density at radius 1 is 0.656 bits per heavy atom. The molecule has 29 heteroatoms. The Morgan fingerprint density at radius 3 is 1.23 bits per heavy atom. The standard InChI is InChI=1S/C20H18FN5O2.C20H17FN4O3.C18H13FN4O3.CH3F.2CH4.BH3O.Na.H2O/c1-9-15-16(12-8-13(12)20(28)26(3)4)18(22-2)17(23-19(15)25-24-9)11-6-5-10(27)7-14(11)21;1-4-28-20(27)13-8-12(13)16-15-9(2)24-25-19(15)23-17(18(16)22-3)11-6-5-10(26)7-14(11)21;1-7-13-14(10-6-11(10)18(25)26)16(20-2)15(21-17(13)23-22-7)9-4-3-8(24)5-12(9)19;1-2;;;1-2;;/h5-7,12-13,27H,8H2,1,3-4H3,(H,23,24,25);5-7,12-13,26H,4,8H2,1-2H3,(H,23,24,25);3-5,10-11,24H,6H2,1H3,(H,25,26)(H,21,22,23);1H3;2*1H4;2H,1H2;;1H2/q;;;;;;;+1;/p-1/t2*12-,13-;10-,11-;;;;;;/m111....../s1/i;;;;;;1TD;;. The smallest absolute Gasteiger partial charge is 0.870 e. The predicted octanol–water partition coefficient (Wildman–Crippen LogP) is 8.24. The minimum atomic E-state index is -1.67. The van der Waals surface area contributed by atoms with E-state index in [2.05, 4.69) is 60.1 Å². The van der Waals surface area contributed by atoms with Gasteiger partial charge in [0.25, 0.3) is 7.98 Å². The van der Waals surface area contributed by atoms with Crippen LogP contribution in [0.25, 0.3) is 81.4 Å². The average molecular weight is 1250 g/mol. The van der Waals surface area contributed by atoms with Gasteiger partial charge in [0.15, 0.2) is 16.9 Å². The number of phenolic OH excluding ortho intramolecular Hbond substituents is 3. The number of aromatic hydroxyl groups is 3. The van der Waals surface area contributed by atoms with Crippen molar-refractivity contribution in [3.8, 4) is 51.0 Å². The Bertz CT molecular complexity index is 4380. The number of pyridine rings is 3. The van der Waals surface area contributed by atoms with Crippen LogP contribution in [0.2, 0.25) is 0 Å². The van der Waals surface area contributed by atoms with Crippen LogP contribution in [0.5, 0.6) is 17.2 Å². The fraction of sp³-hybridized carbons (Fsp3) is 0.311. The number of esters is 1. The molecule has 23 nitrogen and oxygen atoms in total. The fourth-order valence-electron chi connectivity index (χ4n) is 10.7. The van der Waals surface area contributed by atoms with E-state index in [0.29, 0.717) is 81.9 Å². The number of nitrogens with one attached hydrogen (secondary N) is 3. The first kappa shape index (κ1) is 69.6. The maximum Gasteiger partial charge on any atom is 1.00 e. The van der Waals surface area contributed by atoms with Gasteiger partial charge in [-0.05, 0) is 118 Å². The fourth-order valence-corrected chi connectivity index (χ4v) is 10.7. The minimum absolute atomic E-state index is 0. The number of rotatable bonds is 10. The van der Waals surface area contributed by atoms with Gasteiger partial charge in [-0.2, -0.15) is 15.3 Å². The number of halogens is 4. The van der Waals surface area contributed by atoms with Gasteiger partial charge in [0.2, 0.25) is 23.0 Å². The number of carboxylic acid groups (broad SMARTS) is 1. The summed E-state index contributed by atoms with van der Waals surface area (Å²) in [5, 5.41) is 68.2. The number of H-pyrrole nitrogens is 3. The number of fused-ring (bicyclic) bond motifs is 3. The van der Waals surface area contributed by atoms with Gasteiger partial charge in [-0.15, -0.1) is 0 Å². The van der Waals surface area contributed by atoms with Crippen LogP contribution in [0.4, 0.5) is 34.6 Å². The molecule has 0 unspecified atom stereocenters. The Labute approximate surface area is 539 Å². The SMILES string of the molecule is C.C.CF.[2H]B([3H])O.[C-]#[N+]c1c(-c2ccc(O)cc2F)nc2n[nH]c(C)c2c1[C@@H]1C[C@H]1C(=O)N(C)C.[C-]#[N+]c1c(-c2ccc(O)cc2F)nc2n[nH]c(C)c2c1[C@@H]1C[C@H]1C(=O)O.[C-]#[N+]c1c(-c2ccc(O)cc2F)nc2n[nH]c(C)c2c1[C@@H]1C[C@H]1C(=O)OCC.[Na+].[OH-]. The van der Waals surface area contributed by atoms with E-state index in [1.54, 1.807) is 32.8 Å². The van der Waals surface area contributed by atoms with Crippen LogP contribution in [-0.4, -0.2) is 138 Å². The molecule has 0 aliphatic heterocycles. The van der Waals surface area contributed by atoms with Crippen LogP contribution < -0.4 is 29.6 Å². The van der Waals surface area contributed by atoms with Crippen molar-refractivity contribution in [3.63, 3.8) is 0 Å². The quantitative estimate of drug-likeness (QED) is 0.0276. The van der Waals surface area contributed by atoms with Crippen molar-refractivity contribution in [2.24, 2.45) is 17.8 Å². The number of aliphatic carboxylic acids is 1. The molecular weight excluding hydrogens is 1180 g/mol. The van der Waals surface area contributed by atoms with Crippen LogP contribution >= 0.6 is 0 Å². The number of carbonyl (C=O) groups is 3. The number of benzene rings is 3. The average Bonchev–Trinajstić information content (AvgIpc) is 1.68. The molecule has 0 bridgehead atoms. The molecule has 6 aromatic heterocycles. The molecule has 0 spiro atoms. The molecule has 464 valence electrons. The van der Waals surface area contributed by atoms with Crippen LogP contribution in [-0.2, 0) is 19.1 Å². The van der Waals surface area contributed by atoms with Gasteiger partial charge in [-0.25, -0.2) is 42.7 Å². The zero-order chi connectivity index (χ0) is 64.3. The van der Waals surface area contributed by atoms with Gasteiger partial charge in [-0.1, -0.05) is 14.9 Å². The summed E-state index contributed by atoms with van der Waals surface area (Å²) in [5.74, 6) is -5.76. The van der Waals surface area contributed by atoms with Gasteiger partial charge in [-0.3, -0.25) is 34.1 Å². The molecular formula is C61H63BF4N13NaO10. The molecule has 3 aliphatic rings. The first-order valence-electron chi connectivity index (χ1n) is 27.4. The largest absolute Gasteiger partial charge is 1.00 e. The van der Waals surface area contributed by atoms with Crippen LogP contribution in [0, 0.1) is 75.7 Å². The van der Waals surface area contributed by atoms with E-state index in [0.717, 1.165) is 29.6 Å². The zero-order valence-electron chi connectivity index (χ0n) is 50.4. The number of aromatic nitrogens is 9. The Balaban J connectivity index is 0.000000276. The second-order valence-electron chi connectivity index (χ2n) is 20.3. The topological polar surface area (TPSA) is 333 Å². The molecule has 3 saturated carbocycles. The van der Waals surface area contributed by atoms with Crippen LogP contribution in [0.1, 0.15) is 92.6 Å². The molecule has 12 rings (SSSR count). The van der Waals surface area contributed by atoms with Gasteiger partial charge < -0.3 is 40.6 Å². The minimum Gasteiger partial charge on any atom is -0.870 e. The summed E-state index contributed by atoms with van der Waals surface area (Å²) in [4.78, 5) is 61.5. The van der Waals surface area contributed by atoms with Crippen molar-refractivity contribution < 1.29 is 97.2 Å². The molecule has 3 aromatic carbocycles. The van der Waals surface area contributed by atoms with E-state index in [4.69, 9.17) is 32.1 Å². The van der Waals surface area contributed by atoms with E-state index < -0.39 is 37.3 Å². The molecule has 3 aliphatic carbocycles. The summed E-state index contributed by atoms with van der Waals surface area (Å²) in [6, 6.07) is 11.0. The van der Waals surface area contributed by atoms with Crippen molar-refractivity contribution in [3.05, 3.63) is 140 Å². The number of ether oxygens (including phenoxy) is 1. The summed E-state index contributed by atoms with van der Waals surface area (Å²) in [5.41, 5.74) is 6.33.